The van der Waals surface area contributed by atoms with E-state index in [1.807, 2.05) is 13.0 Å². The van der Waals surface area contributed by atoms with E-state index in [1.165, 1.54) is 0 Å². The molecule has 2 aromatic rings. The summed E-state index contributed by atoms with van der Waals surface area (Å²) in [6, 6.07) is 8.77. The van der Waals surface area contributed by atoms with Crippen LogP contribution in [0, 0.1) is 3.57 Å². The normalized spacial score (nSPS) is 14.6. The SMILES string of the molecule is C=CCOc1c(Cl)cc(C=C2N=C(c3cc(I)ccc3Cl)OC2=O)cc1OCC. The maximum absolute atomic E-state index is 12.3. The number of nitrogens with zero attached hydrogens (tertiary/aromatic N) is 1. The minimum atomic E-state index is -0.573. The number of hydrogen-bond donors (Lipinski definition) is 0. The van der Waals surface area contributed by atoms with E-state index in [1.54, 1.807) is 36.4 Å². The number of carbonyl (C=O) groups is 1. The van der Waals surface area contributed by atoms with E-state index >= 15 is 0 Å². The van der Waals surface area contributed by atoms with Crippen LogP contribution >= 0.6 is 45.8 Å². The number of halogens is 3. The second-order valence-corrected chi connectivity index (χ2v) is 7.88. The van der Waals surface area contributed by atoms with Gasteiger partial charge in [0.05, 0.1) is 22.2 Å². The quantitative estimate of drug-likeness (QED) is 0.189. The van der Waals surface area contributed by atoms with Crippen molar-refractivity contribution >= 4 is 63.7 Å². The lowest BCUT2D eigenvalue weighted by Gasteiger charge is -2.13. The van der Waals surface area contributed by atoms with Gasteiger partial charge in [-0.3, -0.25) is 0 Å². The van der Waals surface area contributed by atoms with Crippen LogP contribution in [0.1, 0.15) is 18.1 Å². The summed E-state index contributed by atoms with van der Waals surface area (Å²) in [4.78, 5) is 16.6. The summed E-state index contributed by atoms with van der Waals surface area (Å²) in [6.07, 6.45) is 3.19. The molecule has 0 atom stereocenters. The maximum Gasteiger partial charge on any atom is 0.363 e. The van der Waals surface area contributed by atoms with Crippen molar-refractivity contribution in [3.8, 4) is 11.5 Å². The molecule has 1 aliphatic heterocycles. The van der Waals surface area contributed by atoms with E-state index in [0.717, 1.165) is 3.57 Å². The topological polar surface area (TPSA) is 57.1 Å². The van der Waals surface area contributed by atoms with Crippen molar-refractivity contribution in [2.75, 3.05) is 13.2 Å². The van der Waals surface area contributed by atoms with Gasteiger partial charge in [0.15, 0.2) is 17.2 Å². The third kappa shape index (κ3) is 5.12. The van der Waals surface area contributed by atoms with Crippen molar-refractivity contribution < 1.29 is 19.0 Å². The van der Waals surface area contributed by atoms with Crippen molar-refractivity contribution in [1.29, 1.82) is 0 Å². The summed E-state index contributed by atoms with van der Waals surface area (Å²) in [7, 11) is 0. The Labute approximate surface area is 192 Å². The highest BCUT2D eigenvalue weighted by Crippen LogP contribution is 2.37. The molecule has 0 amide bonds. The molecule has 0 unspecified atom stereocenters. The highest BCUT2D eigenvalue weighted by atomic mass is 127. The summed E-state index contributed by atoms with van der Waals surface area (Å²) in [5.74, 6) is 0.465. The van der Waals surface area contributed by atoms with Crippen molar-refractivity contribution in [3.63, 3.8) is 0 Å². The molecule has 0 aromatic heterocycles. The average Bonchev–Trinajstić information content (AvgIpc) is 3.03. The summed E-state index contributed by atoms with van der Waals surface area (Å²) >= 11 is 14.7. The molecule has 0 saturated carbocycles. The molecule has 0 radical (unpaired) electrons. The van der Waals surface area contributed by atoms with Gasteiger partial charge >= 0.3 is 5.97 Å². The minimum Gasteiger partial charge on any atom is -0.490 e. The zero-order valence-corrected chi connectivity index (χ0v) is 19.0. The van der Waals surface area contributed by atoms with Crippen LogP contribution in [-0.2, 0) is 9.53 Å². The predicted octanol–water partition coefficient (Wildman–Crippen LogP) is 5.91. The third-order valence-electron chi connectivity index (χ3n) is 3.76. The Hall–Kier alpha value is -2.03. The predicted molar refractivity (Wildman–Crippen MR) is 123 cm³/mol. The van der Waals surface area contributed by atoms with Crippen LogP contribution in [0.2, 0.25) is 10.0 Å². The number of benzene rings is 2. The first kappa shape index (κ1) is 21.7. The molecule has 0 saturated heterocycles. The van der Waals surface area contributed by atoms with Crippen LogP contribution in [0.3, 0.4) is 0 Å². The second kappa shape index (κ2) is 9.65. The number of hydrogen-bond acceptors (Lipinski definition) is 5. The molecule has 0 fully saturated rings. The van der Waals surface area contributed by atoms with Crippen LogP contribution in [0.25, 0.3) is 6.08 Å². The lowest BCUT2D eigenvalue weighted by Crippen LogP contribution is -2.06. The molecule has 1 heterocycles. The van der Waals surface area contributed by atoms with Gasteiger partial charge in [0.2, 0.25) is 5.90 Å². The molecule has 0 spiro atoms. The highest BCUT2D eigenvalue weighted by Gasteiger charge is 2.26. The van der Waals surface area contributed by atoms with E-state index in [4.69, 9.17) is 37.4 Å². The second-order valence-electron chi connectivity index (χ2n) is 5.82. The fourth-order valence-electron chi connectivity index (χ4n) is 2.56. The summed E-state index contributed by atoms with van der Waals surface area (Å²) in [6.45, 7) is 6.19. The lowest BCUT2D eigenvalue weighted by atomic mass is 10.1. The monoisotopic (exact) mass is 543 g/mol. The first-order valence-electron chi connectivity index (χ1n) is 8.61. The van der Waals surface area contributed by atoms with Crippen molar-refractivity contribution in [2.24, 2.45) is 4.99 Å². The van der Waals surface area contributed by atoms with Gasteiger partial charge in [-0.2, -0.15) is 0 Å². The van der Waals surface area contributed by atoms with Crippen molar-refractivity contribution in [1.82, 2.24) is 0 Å². The van der Waals surface area contributed by atoms with Gasteiger partial charge in [-0.15, -0.1) is 0 Å². The van der Waals surface area contributed by atoms with Crippen molar-refractivity contribution in [3.05, 3.63) is 73.4 Å². The molecule has 0 bridgehead atoms. The van der Waals surface area contributed by atoms with E-state index in [2.05, 4.69) is 34.2 Å². The summed E-state index contributed by atoms with van der Waals surface area (Å²) in [5.41, 5.74) is 1.31. The van der Waals surface area contributed by atoms with Crippen LogP contribution in [0.15, 0.2) is 53.7 Å². The molecular weight excluding hydrogens is 528 g/mol. The minimum absolute atomic E-state index is 0.133. The fourth-order valence-corrected chi connectivity index (χ4v) is 3.52. The van der Waals surface area contributed by atoms with E-state index < -0.39 is 5.97 Å². The summed E-state index contributed by atoms with van der Waals surface area (Å²) < 4.78 is 17.5. The molecule has 0 N–H and O–H groups in total. The summed E-state index contributed by atoms with van der Waals surface area (Å²) in [5, 5.41) is 0.796. The number of esters is 1. The first-order chi connectivity index (χ1) is 13.9. The zero-order chi connectivity index (χ0) is 21.0. The Morgan fingerprint density at radius 3 is 2.72 bits per heavy atom. The standard InChI is InChI=1S/C21H16Cl2INO4/c1-3-7-28-19-16(23)8-12(10-18(19)27-4-2)9-17-21(26)29-20(25-17)14-11-13(24)5-6-15(14)22/h3,5-6,8-11H,1,4,7H2,2H3. The number of aliphatic imine (C=N–C) groups is 1. The molecule has 3 rings (SSSR count). The van der Waals surface area contributed by atoms with Gasteiger partial charge in [-0.25, -0.2) is 9.79 Å². The molecule has 1 aliphatic rings. The van der Waals surface area contributed by atoms with Gasteiger partial charge in [0, 0.05) is 3.57 Å². The first-order valence-corrected chi connectivity index (χ1v) is 10.4. The average molecular weight is 544 g/mol. The van der Waals surface area contributed by atoms with Gasteiger partial charge in [-0.1, -0.05) is 35.9 Å². The Morgan fingerprint density at radius 2 is 2.00 bits per heavy atom. The molecule has 8 heteroatoms. The third-order valence-corrected chi connectivity index (χ3v) is 5.04. The maximum atomic E-state index is 12.3. The van der Waals surface area contributed by atoms with Gasteiger partial charge < -0.3 is 14.2 Å². The number of ether oxygens (including phenoxy) is 3. The molecule has 2 aromatic carbocycles. The molecule has 0 aliphatic carbocycles. The Kier molecular flexibility index (Phi) is 7.21. The number of carbonyl (C=O) groups excluding carboxylic acids is 1. The van der Waals surface area contributed by atoms with E-state index in [9.17, 15) is 4.79 Å². The lowest BCUT2D eigenvalue weighted by molar-refractivity contribution is -0.129. The van der Waals surface area contributed by atoms with Crippen LogP contribution in [0.5, 0.6) is 11.5 Å². The fraction of sp³-hybridized carbons (Fsp3) is 0.143. The number of rotatable bonds is 7. The van der Waals surface area contributed by atoms with Crippen LogP contribution in [-0.4, -0.2) is 25.1 Å². The molecule has 5 nitrogen and oxygen atoms in total. The van der Waals surface area contributed by atoms with Gasteiger partial charge in [-0.05, 0) is 71.5 Å². The highest BCUT2D eigenvalue weighted by molar-refractivity contribution is 14.1. The smallest absolute Gasteiger partial charge is 0.363 e. The van der Waals surface area contributed by atoms with Crippen LogP contribution in [0.4, 0.5) is 0 Å². The molecule has 150 valence electrons. The zero-order valence-electron chi connectivity index (χ0n) is 15.4. The van der Waals surface area contributed by atoms with Gasteiger partial charge in [0.25, 0.3) is 0 Å². The Balaban J connectivity index is 1.98. The number of cyclic esters (lactones) is 1. The molecule has 29 heavy (non-hydrogen) atoms. The van der Waals surface area contributed by atoms with E-state index in [0.29, 0.717) is 39.3 Å². The molecular formula is C21H16Cl2INO4. The Bertz CT molecular complexity index is 1030. The largest absolute Gasteiger partial charge is 0.490 e. The van der Waals surface area contributed by atoms with Gasteiger partial charge in [0.1, 0.15) is 6.61 Å². The Morgan fingerprint density at radius 1 is 1.21 bits per heavy atom. The van der Waals surface area contributed by atoms with E-state index in [-0.39, 0.29) is 18.2 Å². The van der Waals surface area contributed by atoms with Crippen molar-refractivity contribution in [2.45, 2.75) is 6.92 Å². The van der Waals surface area contributed by atoms with Crippen LogP contribution < -0.4 is 9.47 Å².